The lowest BCUT2D eigenvalue weighted by Crippen LogP contribution is -2.57. The monoisotopic (exact) mass is 495 g/mol. The van der Waals surface area contributed by atoms with Gasteiger partial charge in [0.25, 0.3) is 0 Å². The molecule has 0 saturated heterocycles. The number of sulfonamides is 1. The highest BCUT2D eigenvalue weighted by molar-refractivity contribution is 7.89. The zero-order chi connectivity index (χ0) is 24.0. The van der Waals surface area contributed by atoms with Crippen LogP contribution in [0.5, 0.6) is 0 Å². The largest absolute Gasteiger partial charge is 0.467 e. The molecule has 2 N–H and O–H groups in total. The van der Waals surface area contributed by atoms with Crippen LogP contribution in [-0.4, -0.2) is 43.8 Å². The lowest BCUT2D eigenvalue weighted by atomic mass is 9.98. The molecule has 2 amide bonds. The molecule has 1 saturated carbocycles. The van der Waals surface area contributed by atoms with Crippen molar-refractivity contribution in [3.05, 3.63) is 53.4 Å². The molecule has 0 unspecified atom stereocenters. The first-order valence-electron chi connectivity index (χ1n) is 11.1. The van der Waals surface area contributed by atoms with E-state index in [0.29, 0.717) is 10.8 Å². The van der Waals surface area contributed by atoms with E-state index in [0.717, 1.165) is 25.7 Å². The van der Waals surface area contributed by atoms with E-state index >= 15 is 0 Å². The fourth-order valence-corrected chi connectivity index (χ4v) is 5.26. The fraction of sp³-hybridized carbons (Fsp3) is 0.478. The van der Waals surface area contributed by atoms with Crippen LogP contribution in [0, 0.1) is 5.92 Å². The Morgan fingerprint density at radius 1 is 1.15 bits per heavy atom. The molecule has 1 fully saturated rings. The number of benzene rings is 1. The Hall–Kier alpha value is -2.36. The van der Waals surface area contributed by atoms with E-state index in [1.54, 1.807) is 17.0 Å². The number of rotatable bonds is 10. The van der Waals surface area contributed by atoms with Crippen LogP contribution < -0.4 is 10.0 Å². The maximum atomic E-state index is 13.3. The van der Waals surface area contributed by atoms with E-state index in [1.165, 1.54) is 30.5 Å². The lowest BCUT2D eigenvalue weighted by Gasteiger charge is -2.38. The fourth-order valence-electron chi connectivity index (χ4n) is 4.16. The van der Waals surface area contributed by atoms with Gasteiger partial charge in [-0.05, 0) is 55.2 Å². The van der Waals surface area contributed by atoms with E-state index in [4.69, 9.17) is 16.0 Å². The summed E-state index contributed by atoms with van der Waals surface area (Å²) in [6, 6.07) is 8.36. The van der Waals surface area contributed by atoms with Gasteiger partial charge >= 0.3 is 0 Å². The molecule has 33 heavy (non-hydrogen) atoms. The quantitative estimate of drug-likeness (QED) is 0.525. The molecular weight excluding hydrogens is 466 g/mol. The second-order valence-electron chi connectivity index (χ2n) is 8.50. The lowest BCUT2D eigenvalue weighted by molar-refractivity contribution is -0.144. The number of carbonyl (C=O) groups excluding carboxylic acids is 2. The summed E-state index contributed by atoms with van der Waals surface area (Å²) >= 11 is 5.84. The Balaban J connectivity index is 1.75. The van der Waals surface area contributed by atoms with Gasteiger partial charge in [-0.25, -0.2) is 13.1 Å². The molecule has 1 aromatic heterocycles. The maximum absolute atomic E-state index is 13.3. The van der Waals surface area contributed by atoms with E-state index < -0.39 is 28.5 Å². The minimum atomic E-state index is -3.90. The van der Waals surface area contributed by atoms with Gasteiger partial charge in [0.05, 0.1) is 24.2 Å². The summed E-state index contributed by atoms with van der Waals surface area (Å²) < 4.78 is 33.0. The number of hydrogen-bond acceptors (Lipinski definition) is 5. The molecule has 8 nitrogen and oxygen atoms in total. The topological polar surface area (TPSA) is 109 Å². The van der Waals surface area contributed by atoms with Crippen LogP contribution in [0.2, 0.25) is 5.02 Å². The Morgan fingerprint density at radius 3 is 2.39 bits per heavy atom. The van der Waals surface area contributed by atoms with Gasteiger partial charge in [-0.2, -0.15) is 0 Å². The average molecular weight is 496 g/mol. The molecule has 1 aromatic carbocycles. The van der Waals surface area contributed by atoms with Crippen molar-refractivity contribution in [3.8, 4) is 0 Å². The number of nitrogens with one attached hydrogen (secondary N) is 2. The molecule has 1 atom stereocenters. The highest BCUT2D eigenvalue weighted by Gasteiger charge is 2.38. The standard InChI is InChI=1S/C23H30ClN3O5S/c1-16(2)22(23(29)25-14-19-8-5-13-32-19)27(18-6-3-4-7-18)21(28)15-26-33(30,31)20-11-9-17(24)10-12-20/h5,8-13,16,18,22,26H,3-4,6-7,14-15H2,1-2H3,(H,25,29)/t22-/m0/s1. The molecule has 0 bridgehead atoms. The van der Waals surface area contributed by atoms with Gasteiger partial charge < -0.3 is 14.6 Å². The zero-order valence-electron chi connectivity index (χ0n) is 18.8. The number of nitrogens with zero attached hydrogens (tertiary/aromatic N) is 1. The van der Waals surface area contributed by atoms with Crippen molar-refractivity contribution >= 4 is 33.4 Å². The summed E-state index contributed by atoms with van der Waals surface area (Å²) in [5.41, 5.74) is 0. The van der Waals surface area contributed by atoms with Crippen LogP contribution in [0.4, 0.5) is 0 Å². The molecule has 0 spiro atoms. The number of amides is 2. The predicted molar refractivity (Wildman–Crippen MR) is 125 cm³/mol. The molecule has 1 heterocycles. The van der Waals surface area contributed by atoms with Gasteiger partial charge in [0, 0.05) is 11.1 Å². The summed E-state index contributed by atoms with van der Waals surface area (Å²) in [4.78, 5) is 28.1. The minimum Gasteiger partial charge on any atom is -0.467 e. The van der Waals surface area contributed by atoms with E-state index in [2.05, 4.69) is 10.0 Å². The summed E-state index contributed by atoms with van der Waals surface area (Å²) in [5.74, 6) is -0.271. The second-order valence-corrected chi connectivity index (χ2v) is 10.7. The Morgan fingerprint density at radius 2 is 1.82 bits per heavy atom. The number of furan rings is 1. The Kier molecular flexibility index (Phi) is 8.56. The van der Waals surface area contributed by atoms with Gasteiger partial charge in [0.15, 0.2) is 0 Å². The maximum Gasteiger partial charge on any atom is 0.243 e. The smallest absolute Gasteiger partial charge is 0.243 e. The number of halogens is 1. The van der Waals surface area contributed by atoms with E-state index in [-0.39, 0.29) is 29.3 Å². The van der Waals surface area contributed by atoms with Crippen molar-refractivity contribution in [2.24, 2.45) is 5.92 Å². The second kappa shape index (κ2) is 11.2. The first-order chi connectivity index (χ1) is 15.7. The molecule has 2 aromatic rings. The van der Waals surface area contributed by atoms with Gasteiger partial charge in [-0.1, -0.05) is 38.3 Å². The van der Waals surface area contributed by atoms with Crippen LogP contribution >= 0.6 is 11.6 Å². The average Bonchev–Trinajstić information content (AvgIpc) is 3.48. The van der Waals surface area contributed by atoms with Crippen molar-refractivity contribution in [2.75, 3.05) is 6.54 Å². The SMILES string of the molecule is CC(C)[C@@H](C(=O)NCc1ccco1)N(C(=O)CNS(=O)(=O)c1ccc(Cl)cc1)C1CCCC1. The zero-order valence-corrected chi connectivity index (χ0v) is 20.4. The summed E-state index contributed by atoms with van der Waals surface area (Å²) in [7, 11) is -3.90. The van der Waals surface area contributed by atoms with E-state index in [9.17, 15) is 18.0 Å². The van der Waals surface area contributed by atoms with Crippen LogP contribution in [0.15, 0.2) is 52.0 Å². The Bertz CT molecular complexity index is 1030. The molecule has 3 rings (SSSR count). The Labute approximate surface area is 199 Å². The summed E-state index contributed by atoms with van der Waals surface area (Å²) in [6.45, 7) is 3.54. The molecule has 10 heteroatoms. The molecule has 0 aliphatic heterocycles. The third-order valence-electron chi connectivity index (χ3n) is 5.76. The van der Waals surface area contributed by atoms with Gasteiger partial charge in [0.2, 0.25) is 21.8 Å². The van der Waals surface area contributed by atoms with Crippen LogP contribution in [0.1, 0.15) is 45.3 Å². The van der Waals surface area contributed by atoms with Crippen LogP contribution in [0.3, 0.4) is 0 Å². The summed E-state index contributed by atoms with van der Waals surface area (Å²) in [5, 5.41) is 3.27. The summed E-state index contributed by atoms with van der Waals surface area (Å²) in [6.07, 6.45) is 5.02. The predicted octanol–water partition coefficient (Wildman–Crippen LogP) is 3.32. The van der Waals surface area contributed by atoms with Crippen molar-refractivity contribution in [2.45, 2.75) is 63.1 Å². The van der Waals surface area contributed by atoms with Crippen LogP contribution in [-0.2, 0) is 26.2 Å². The molecular formula is C23H30ClN3O5S. The molecule has 180 valence electrons. The van der Waals surface area contributed by atoms with Gasteiger partial charge in [-0.15, -0.1) is 0 Å². The first kappa shape index (κ1) is 25.3. The van der Waals surface area contributed by atoms with Crippen LogP contribution in [0.25, 0.3) is 0 Å². The first-order valence-corrected chi connectivity index (χ1v) is 12.9. The highest BCUT2D eigenvalue weighted by atomic mass is 35.5. The van der Waals surface area contributed by atoms with Crippen molar-refractivity contribution in [1.82, 2.24) is 14.9 Å². The highest BCUT2D eigenvalue weighted by Crippen LogP contribution is 2.28. The van der Waals surface area contributed by atoms with Gasteiger partial charge in [0.1, 0.15) is 11.8 Å². The van der Waals surface area contributed by atoms with E-state index in [1.807, 2.05) is 13.8 Å². The minimum absolute atomic E-state index is 0.0173. The molecule has 1 aliphatic rings. The number of carbonyl (C=O) groups is 2. The van der Waals surface area contributed by atoms with Gasteiger partial charge in [-0.3, -0.25) is 9.59 Å². The third-order valence-corrected chi connectivity index (χ3v) is 7.43. The molecule has 1 aliphatic carbocycles. The van der Waals surface area contributed by atoms with Crippen molar-refractivity contribution < 1.29 is 22.4 Å². The molecule has 0 radical (unpaired) electrons. The van der Waals surface area contributed by atoms with Crippen molar-refractivity contribution in [3.63, 3.8) is 0 Å². The number of hydrogen-bond donors (Lipinski definition) is 2. The van der Waals surface area contributed by atoms with Crippen molar-refractivity contribution in [1.29, 1.82) is 0 Å². The normalized spacial score (nSPS) is 15.5. The third kappa shape index (κ3) is 6.59.